The second-order valence-corrected chi connectivity index (χ2v) is 2.91. The molecule has 0 saturated heterocycles. The van der Waals surface area contributed by atoms with E-state index < -0.39 is 13.1 Å². The minimum Gasteiger partial charge on any atom is -0.486 e. The average molecular weight is 219 g/mol. The molecule has 0 radical (unpaired) electrons. The van der Waals surface area contributed by atoms with Gasteiger partial charge < -0.3 is 9.47 Å². The fraction of sp³-hybridized carbons (Fsp3) is 0.250. The Balaban J connectivity index is 2.47. The third-order valence-electron chi connectivity index (χ3n) is 1.27. The average Bonchev–Trinajstić information content (AvgIpc) is 2.07. The highest BCUT2D eigenvalue weighted by Crippen LogP contribution is 2.32. The molecule has 0 atom stereocenters. The number of hydrogen-bond acceptors (Lipinski definition) is 2. The maximum Gasteiger partial charge on any atom is 0.162 e. The van der Waals surface area contributed by atoms with Gasteiger partial charge in [-0.25, -0.2) is 0 Å². The van der Waals surface area contributed by atoms with Gasteiger partial charge in [0.1, 0.15) is 13.1 Å². The minimum atomic E-state index is -2.50. The molecule has 1 heterocycles. The van der Waals surface area contributed by atoms with E-state index in [-0.39, 0.29) is 11.5 Å². The molecule has 0 bridgehead atoms. The van der Waals surface area contributed by atoms with E-state index in [1.165, 1.54) is 12.1 Å². The summed E-state index contributed by atoms with van der Waals surface area (Å²) in [5, 5.41) is 0. The topological polar surface area (TPSA) is 18.5 Å². The van der Waals surface area contributed by atoms with Gasteiger partial charge in [0.25, 0.3) is 0 Å². The van der Waals surface area contributed by atoms with Crippen LogP contribution in [-0.2, 0) is 0 Å². The summed E-state index contributed by atoms with van der Waals surface area (Å²) in [4.78, 5) is 0. The van der Waals surface area contributed by atoms with Gasteiger partial charge in [-0.05, 0) is 18.2 Å². The summed E-state index contributed by atoms with van der Waals surface area (Å²) in [6.45, 7) is -4.99. The fourth-order valence-corrected chi connectivity index (χ4v) is 1.14. The number of fused-ring (bicyclic) bond motifs is 1. The Bertz CT molecular complexity index is 408. The lowest BCUT2D eigenvalue weighted by Gasteiger charge is -2.17. The van der Waals surface area contributed by atoms with Crippen molar-refractivity contribution in [1.82, 2.24) is 0 Å². The van der Waals surface area contributed by atoms with Gasteiger partial charge >= 0.3 is 0 Å². The molecule has 3 heteroatoms. The zero-order valence-corrected chi connectivity index (χ0v) is 7.01. The molecule has 0 spiro atoms. The van der Waals surface area contributed by atoms with E-state index in [1.807, 2.05) is 0 Å². The van der Waals surface area contributed by atoms with Crippen LogP contribution in [0.3, 0.4) is 0 Å². The Morgan fingerprint density at radius 2 is 2.00 bits per heavy atom. The van der Waals surface area contributed by atoms with Gasteiger partial charge in [-0.3, -0.25) is 0 Å². The molecule has 0 unspecified atom stereocenters. The highest BCUT2D eigenvalue weighted by molar-refractivity contribution is 9.10. The molecule has 2 nitrogen and oxygen atoms in total. The van der Waals surface area contributed by atoms with Crippen LogP contribution < -0.4 is 9.47 Å². The molecular weight excluding hydrogens is 208 g/mol. The van der Waals surface area contributed by atoms with Crippen molar-refractivity contribution in [2.24, 2.45) is 0 Å². The van der Waals surface area contributed by atoms with Crippen LogP contribution in [0.4, 0.5) is 0 Å². The summed E-state index contributed by atoms with van der Waals surface area (Å²) in [6, 6.07) is 4.72. The van der Waals surface area contributed by atoms with Crippen LogP contribution in [0, 0.1) is 0 Å². The summed E-state index contributed by atoms with van der Waals surface area (Å²) in [5.41, 5.74) is 0. The first kappa shape index (κ1) is 3.81. The molecule has 1 aliphatic rings. The zero-order valence-electron chi connectivity index (χ0n) is 9.43. The molecule has 0 N–H and O–H groups in total. The van der Waals surface area contributed by atoms with Crippen molar-refractivity contribution in [1.29, 1.82) is 0 Å². The van der Waals surface area contributed by atoms with Gasteiger partial charge in [-0.1, -0.05) is 15.9 Å². The summed E-state index contributed by atoms with van der Waals surface area (Å²) in [6.07, 6.45) is 0. The second-order valence-electron chi connectivity index (χ2n) is 2.00. The summed E-state index contributed by atoms with van der Waals surface area (Å²) < 4.78 is 39.9. The molecule has 2 rings (SSSR count). The van der Waals surface area contributed by atoms with Crippen molar-refractivity contribution < 1.29 is 15.0 Å². The smallest absolute Gasteiger partial charge is 0.162 e. The second kappa shape index (κ2) is 2.74. The predicted molar refractivity (Wildman–Crippen MR) is 45.1 cm³/mol. The summed E-state index contributed by atoms with van der Waals surface area (Å²) in [7, 11) is 0. The van der Waals surface area contributed by atoms with Crippen LogP contribution in [0.25, 0.3) is 0 Å². The van der Waals surface area contributed by atoms with E-state index in [9.17, 15) is 0 Å². The van der Waals surface area contributed by atoms with Crippen LogP contribution in [0.2, 0.25) is 0 Å². The molecule has 1 aromatic rings. The lowest BCUT2D eigenvalue weighted by Crippen LogP contribution is -2.14. The van der Waals surface area contributed by atoms with Crippen molar-refractivity contribution in [2.75, 3.05) is 13.1 Å². The van der Waals surface area contributed by atoms with Gasteiger partial charge in [0.15, 0.2) is 11.5 Å². The van der Waals surface area contributed by atoms with Gasteiger partial charge in [0, 0.05) is 4.47 Å². The van der Waals surface area contributed by atoms with Crippen LogP contribution in [-0.4, -0.2) is 13.1 Å². The highest BCUT2D eigenvalue weighted by Gasteiger charge is 2.10. The Morgan fingerprint density at radius 1 is 1.27 bits per heavy atom. The molecule has 1 aromatic carbocycles. The number of ether oxygens (including phenoxy) is 2. The number of hydrogen-bond donors (Lipinski definition) is 0. The van der Waals surface area contributed by atoms with E-state index in [0.717, 1.165) is 0 Å². The molecule has 1 aliphatic heterocycles. The first-order chi connectivity index (χ1) is 6.82. The van der Waals surface area contributed by atoms with E-state index >= 15 is 0 Å². The largest absolute Gasteiger partial charge is 0.486 e. The Kier molecular flexibility index (Phi) is 0.947. The van der Waals surface area contributed by atoms with Gasteiger partial charge in [-0.15, -0.1) is 0 Å². The fourth-order valence-electron chi connectivity index (χ4n) is 0.798. The van der Waals surface area contributed by atoms with Gasteiger partial charge in [-0.2, -0.15) is 0 Å². The van der Waals surface area contributed by atoms with Crippen molar-refractivity contribution in [3.05, 3.63) is 22.7 Å². The van der Waals surface area contributed by atoms with E-state index in [1.54, 1.807) is 6.07 Å². The van der Waals surface area contributed by atoms with Crippen molar-refractivity contribution in [3.8, 4) is 11.5 Å². The Hall–Kier alpha value is -0.700. The SMILES string of the molecule is [2H]C1([2H])Oc2ccc(Br)cc2OC1([2H])[2H]. The summed E-state index contributed by atoms with van der Waals surface area (Å²) in [5.74, 6) is 0.378. The number of benzene rings is 1. The normalized spacial score (nSPS) is 29.2. The third-order valence-corrected chi connectivity index (χ3v) is 1.76. The Labute approximate surface area is 78.9 Å². The molecule has 0 aliphatic carbocycles. The predicted octanol–water partition coefficient (Wildman–Crippen LogP) is 2.22. The molecule has 11 heavy (non-hydrogen) atoms. The molecule has 58 valence electrons. The van der Waals surface area contributed by atoms with Crippen LogP contribution in [0.1, 0.15) is 5.48 Å². The molecular formula is C8H7BrO2. The van der Waals surface area contributed by atoms with E-state index in [2.05, 4.69) is 15.9 Å². The van der Waals surface area contributed by atoms with E-state index in [0.29, 0.717) is 4.47 Å². The van der Waals surface area contributed by atoms with Crippen molar-refractivity contribution >= 4 is 15.9 Å². The third kappa shape index (κ3) is 1.33. The number of halogens is 1. The maximum absolute atomic E-state index is 7.36. The molecule has 0 saturated carbocycles. The summed E-state index contributed by atoms with van der Waals surface area (Å²) >= 11 is 3.20. The van der Waals surface area contributed by atoms with Crippen LogP contribution in [0.5, 0.6) is 11.5 Å². The maximum atomic E-state index is 7.36. The van der Waals surface area contributed by atoms with E-state index in [4.69, 9.17) is 15.0 Å². The van der Waals surface area contributed by atoms with Crippen molar-refractivity contribution in [3.63, 3.8) is 0 Å². The lowest BCUT2D eigenvalue weighted by atomic mass is 10.3. The Morgan fingerprint density at radius 3 is 2.82 bits per heavy atom. The standard InChI is InChI=1S/C8H7BrO2/c9-6-1-2-7-8(5-6)11-4-3-10-7/h1-2,5H,3-4H2/i3D2,4D2. The first-order valence-electron chi connectivity index (χ1n) is 4.99. The van der Waals surface area contributed by atoms with Crippen LogP contribution in [0.15, 0.2) is 22.7 Å². The quantitative estimate of drug-likeness (QED) is 0.666. The molecule has 0 aromatic heterocycles. The first-order valence-corrected chi connectivity index (χ1v) is 3.79. The van der Waals surface area contributed by atoms with Gasteiger partial charge in [0.2, 0.25) is 0 Å². The lowest BCUT2D eigenvalue weighted by molar-refractivity contribution is 0.171. The zero-order chi connectivity index (χ0) is 11.3. The molecule has 0 amide bonds. The minimum absolute atomic E-state index is 0.185. The van der Waals surface area contributed by atoms with Crippen molar-refractivity contribution in [2.45, 2.75) is 0 Å². The van der Waals surface area contributed by atoms with Gasteiger partial charge in [0.05, 0.1) is 5.48 Å². The highest BCUT2D eigenvalue weighted by atomic mass is 79.9. The monoisotopic (exact) mass is 218 g/mol. The molecule has 0 fully saturated rings. The van der Waals surface area contributed by atoms with Crippen LogP contribution >= 0.6 is 15.9 Å². The number of rotatable bonds is 0.